The van der Waals surface area contributed by atoms with Gasteiger partial charge in [-0.05, 0) is 12.1 Å². The third-order valence-electron chi connectivity index (χ3n) is 4.28. The largest absolute Gasteiger partial charge is 0.439 e. The second-order valence-corrected chi connectivity index (χ2v) is 6.12. The molecule has 0 radical (unpaired) electrons. The summed E-state index contributed by atoms with van der Waals surface area (Å²) < 4.78 is 10.9. The second-order valence-electron chi connectivity index (χ2n) is 6.12. The van der Waals surface area contributed by atoms with Gasteiger partial charge in [0.15, 0.2) is 0 Å². The maximum absolute atomic E-state index is 11.6. The average Bonchev–Trinajstić information content (AvgIpc) is 3.22. The van der Waals surface area contributed by atoms with Gasteiger partial charge in [0.25, 0.3) is 0 Å². The fraction of sp³-hybridized carbons (Fsp3) is 0.467. The Kier molecular flexibility index (Phi) is 3.26. The van der Waals surface area contributed by atoms with Crippen LogP contribution in [-0.4, -0.2) is 63.3 Å². The van der Waals surface area contributed by atoms with E-state index in [0.29, 0.717) is 31.3 Å². The van der Waals surface area contributed by atoms with Gasteiger partial charge in [0.1, 0.15) is 5.60 Å². The molecule has 0 saturated carbocycles. The zero-order chi connectivity index (χ0) is 15.9. The normalized spacial score (nSPS) is 24.6. The summed E-state index contributed by atoms with van der Waals surface area (Å²) in [6.45, 7) is 2.71. The van der Waals surface area contributed by atoms with Gasteiger partial charge in [-0.3, -0.25) is 9.88 Å². The van der Waals surface area contributed by atoms with E-state index in [4.69, 9.17) is 9.26 Å². The van der Waals surface area contributed by atoms with E-state index in [0.717, 1.165) is 18.5 Å². The molecule has 2 fully saturated rings. The van der Waals surface area contributed by atoms with Crippen LogP contribution in [-0.2, 0) is 11.3 Å². The van der Waals surface area contributed by atoms with Crippen molar-refractivity contribution < 1.29 is 14.1 Å². The van der Waals surface area contributed by atoms with Gasteiger partial charge in [-0.15, -0.1) is 0 Å². The lowest BCUT2D eigenvalue weighted by molar-refractivity contribution is 0.0617. The number of likely N-dealkylation sites (N-methyl/N-ethyl adjacent to an activating group) is 1. The van der Waals surface area contributed by atoms with Gasteiger partial charge >= 0.3 is 6.09 Å². The fourth-order valence-corrected chi connectivity index (χ4v) is 3.19. The van der Waals surface area contributed by atoms with Crippen LogP contribution in [0.2, 0.25) is 0 Å². The molecule has 120 valence electrons. The average molecular weight is 315 g/mol. The van der Waals surface area contributed by atoms with E-state index in [1.807, 2.05) is 12.1 Å². The summed E-state index contributed by atoms with van der Waals surface area (Å²) in [6, 6.07) is 3.72. The summed E-state index contributed by atoms with van der Waals surface area (Å²) in [6.07, 6.45) is 3.98. The van der Waals surface area contributed by atoms with Gasteiger partial charge in [0.05, 0.1) is 13.1 Å². The highest BCUT2D eigenvalue weighted by molar-refractivity contribution is 5.70. The summed E-state index contributed by atoms with van der Waals surface area (Å²) in [5.41, 5.74) is 0.435. The van der Waals surface area contributed by atoms with Crippen LogP contribution in [0.25, 0.3) is 11.4 Å². The molecule has 23 heavy (non-hydrogen) atoms. The predicted octanol–water partition coefficient (Wildman–Crippen LogP) is 1.16. The van der Waals surface area contributed by atoms with Crippen LogP contribution in [0.3, 0.4) is 0 Å². The number of carbonyl (C=O) groups excluding carboxylic acids is 1. The quantitative estimate of drug-likeness (QED) is 0.840. The van der Waals surface area contributed by atoms with E-state index in [1.165, 1.54) is 0 Å². The van der Waals surface area contributed by atoms with Crippen molar-refractivity contribution in [3.8, 4) is 11.4 Å². The summed E-state index contributed by atoms with van der Waals surface area (Å²) in [5, 5.41) is 4.00. The number of rotatable bonds is 3. The van der Waals surface area contributed by atoms with Gasteiger partial charge < -0.3 is 14.2 Å². The lowest BCUT2D eigenvalue weighted by Gasteiger charge is -2.20. The minimum absolute atomic E-state index is 0.247. The molecule has 8 heteroatoms. The highest BCUT2D eigenvalue weighted by atomic mass is 16.6. The highest BCUT2D eigenvalue weighted by Gasteiger charge is 2.48. The van der Waals surface area contributed by atoms with Crippen molar-refractivity contribution in [2.45, 2.75) is 18.6 Å². The van der Waals surface area contributed by atoms with Gasteiger partial charge in [0, 0.05) is 44.5 Å². The summed E-state index contributed by atoms with van der Waals surface area (Å²) in [4.78, 5) is 23.9. The van der Waals surface area contributed by atoms with Crippen molar-refractivity contribution in [3.05, 3.63) is 30.4 Å². The number of hydrogen-bond donors (Lipinski definition) is 0. The first kappa shape index (κ1) is 14.1. The first-order chi connectivity index (χ1) is 11.1. The third-order valence-corrected chi connectivity index (χ3v) is 4.28. The molecule has 2 aromatic rings. The lowest BCUT2D eigenvalue weighted by Crippen LogP contribution is -2.37. The minimum atomic E-state index is -0.391. The molecule has 1 atom stereocenters. The number of aromatic nitrogens is 3. The molecule has 0 bridgehead atoms. The molecule has 0 N–H and O–H groups in total. The smallest absolute Gasteiger partial charge is 0.410 e. The maximum atomic E-state index is 11.6. The van der Waals surface area contributed by atoms with Gasteiger partial charge in [-0.2, -0.15) is 4.98 Å². The Balaban J connectivity index is 1.42. The molecule has 2 aliphatic heterocycles. The standard InChI is InChI=1S/C15H17N5O3/c1-19-9-15(22-14(19)21)4-6-20(10-15)8-12-17-13(18-23-12)11-3-2-5-16-7-11/h2-3,5,7H,4,6,8-10H2,1H3. The van der Waals surface area contributed by atoms with Crippen molar-refractivity contribution in [3.63, 3.8) is 0 Å². The van der Waals surface area contributed by atoms with E-state index in [-0.39, 0.29) is 6.09 Å². The summed E-state index contributed by atoms with van der Waals surface area (Å²) in [5.74, 6) is 1.09. The van der Waals surface area contributed by atoms with Crippen molar-refractivity contribution >= 4 is 6.09 Å². The van der Waals surface area contributed by atoms with E-state index in [2.05, 4.69) is 20.0 Å². The Morgan fingerprint density at radius 1 is 1.39 bits per heavy atom. The van der Waals surface area contributed by atoms with E-state index in [9.17, 15) is 4.79 Å². The molecule has 4 heterocycles. The number of pyridine rings is 1. The van der Waals surface area contributed by atoms with Crippen LogP contribution in [0.1, 0.15) is 12.3 Å². The van der Waals surface area contributed by atoms with Crippen LogP contribution >= 0.6 is 0 Å². The molecule has 1 spiro atoms. The van der Waals surface area contributed by atoms with Crippen molar-refractivity contribution in [1.82, 2.24) is 24.9 Å². The number of hydrogen-bond acceptors (Lipinski definition) is 7. The van der Waals surface area contributed by atoms with Gasteiger partial charge in [-0.25, -0.2) is 4.79 Å². The molecule has 0 aliphatic carbocycles. The molecule has 2 saturated heterocycles. The van der Waals surface area contributed by atoms with Gasteiger partial charge in [-0.1, -0.05) is 5.16 Å². The first-order valence-corrected chi connectivity index (χ1v) is 7.53. The lowest BCUT2D eigenvalue weighted by atomic mass is 10.0. The number of amides is 1. The summed E-state index contributed by atoms with van der Waals surface area (Å²) in [7, 11) is 1.76. The summed E-state index contributed by atoms with van der Waals surface area (Å²) >= 11 is 0. The monoisotopic (exact) mass is 315 g/mol. The Bertz CT molecular complexity index is 719. The number of carbonyl (C=O) groups is 1. The Hall–Kier alpha value is -2.48. The number of nitrogens with zero attached hydrogens (tertiary/aromatic N) is 5. The maximum Gasteiger partial charge on any atom is 0.410 e. The van der Waals surface area contributed by atoms with E-state index >= 15 is 0 Å². The zero-order valence-electron chi connectivity index (χ0n) is 12.8. The predicted molar refractivity (Wildman–Crippen MR) is 79.3 cm³/mol. The second kappa shape index (κ2) is 5.31. The molecule has 2 aromatic heterocycles. The van der Waals surface area contributed by atoms with E-state index in [1.54, 1.807) is 24.3 Å². The van der Waals surface area contributed by atoms with Crippen molar-refractivity contribution in [2.24, 2.45) is 0 Å². The number of likely N-dealkylation sites (tertiary alicyclic amines) is 1. The van der Waals surface area contributed by atoms with Crippen LogP contribution in [0.15, 0.2) is 29.0 Å². The highest BCUT2D eigenvalue weighted by Crippen LogP contribution is 2.32. The SMILES string of the molecule is CN1CC2(CCN(Cc3nc(-c4cccnc4)no3)C2)OC1=O. The minimum Gasteiger partial charge on any atom is -0.439 e. The van der Waals surface area contributed by atoms with Crippen LogP contribution in [0.5, 0.6) is 0 Å². The number of ether oxygens (including phenoxy) is 1. The van der Waals surface area contributed by atoms with Crippen LogP contribution in [0, 0.1) is 0 Å². The Morgan fingerprint density at radius 2 is 2.30 bits per heavy atom. The Labute approximate surface area is 133 Å². The molecule has 1 unspecified atom stereocenters. The molecule has 1 amide bonds. The van der Waals surface area contributed by atoms with Gasteiger partial charge in [0.2, 0.25) is 11.7 Å². The Morgan fingerprint density at radius 3 is 3.04 bits per heavy atom. The molecule has 0 aromatic carbocycles. The third kappa shape index (κ3) is 2.65. The van der Waals surface area contributed by atoms with Crippen LogP contribution in [0.4, 0.5) is 4.79 Å². The molecule has 8 nitrogen and oxygen atoms in total. The zero-order valence-corrected chi connectivity index (χ0v) is 12.8. The topological polar surface area (TPSA) is 84.6 Å². The first-order valence-electron chi connectivity index (χ1n) is 7.53. The molecule has 4 rings (SSSR count). The fourth-order valence-electron chi connectivity index (χ4n) is 3.19. The molecular formula is C15H17N5O3. The van der Waals surface area contributed by atoms with Crippen LogP contribution < -0.4 is 0 Å². The van der Waals surface area contributed by atoms with Crippen molar-refractivity contribution in [2.75, 3.05) is 26.7 Å². The molecule has 2 aliphatic rings. The van der Waals surface area contributed by atoms with E-state index < -0.39 is 5.60 Å². The molecular weight excluding hydrogens is 298 g/mol. The van der Waals surface area contributed by atoms with Crippen molar-refractivity contribution in [1.29, 1.82) is 0 Å².